The number of carbonyl (C=O) groups excluding carboxylic acids is 1. The highest BCUT2D eigenvalue weighted by Crippen LogP contribution is 2.24. The van der Waals surface area contributed by atoms with E-state index >= 15 is 0 Å². The van der Waals surface area contributed by atoms with Crippen molar-refractivity contribution in [3.8, 4) is 0 Å². The topological polar surface area (TPSA) is 56.2 Å². The van der Waals surface area contributed by atoms with Crippen LogP contribution in [0.15, 0.2) is 52.9 Å². The van der Waals surface area contributed by atoms with E-state index in [2.05, 4.69) is 0 Å². The van der Waals surface area contributed by atoms with Crippen LogP contribution >= 0.6 is 11.6 Å². The van der Waals surface area contributed by atoms with Crippen molar-refractivity contribution in [3.05, 3.63) is 64.9 Å². The van der Waals surface area contributed by atoms with Gasteiger partial charge in [0.1, 0.15) is 5.58 Å². The minimum atomic E-state index is -0.209. The van der Waals surface area contributed by atoms with E-state index in [4.69, 9.17) is 21.8 Å². The van der Waals surface area contributed by atoms with E-state index < -0.39 is 0 Å². The van der Waals surface area contributed by atoms with Crippen molar-refractivity contribution in [1.29, 1.82) is 0 Å². The molecule has 0 aliphatic heterocycles. The van der Waals surface area contributed by atoms with Crippen molar-refractivity contribution in [2.24, 2.45) is 0 Å². The van der Waals surface area contributed by atoms with Crippen molar-refractivity contribution in [2.75, 3.05) is 5.73 Å². The van der Waals surface area contributed by atoms with E-state index in [0.29, 0.717) is 27.6 Å². The molecule has 3 aromatic rings. The number of fused-ring (bicyclic) bond motifs is 1. The Labute approximate surface area is 114 Å². The molecule has 0 spiro atoms. The molecule has 1 heterocycles. The zero-order chi connectivity index (χ0) is 13.4. The fourth-order valence-corrected chi connectivity index (χ4v) is 2.04. The maximum absolute atomic E-state index is 12.3. The van der Waals surface area contributed by atoms with Crippen molar-refractivity contribution in [1.82, 2.24) is 0 Å². The van der Waals surface area contributed by atoms with Gasteiger partial charge in [-0.3, -0.25) is 4.79 Å². The van der Waals surface area contributed by atoms with E-state index in [1.54, 1.807) is 24.3 Å². The van der Waals surface area contributed by atoms with Crippen LogP contribution in [0.25, 0.3) is 11.0 Å². The molecule has 1 aromatic heterocycles. The number of rotatable bonds is 2. The van der Waals surface area contributed by atoms with Crippen LogP contribution in [0.2, 0.25) is 5.02 Å². The second-order valence-electron chi connectivity index (χ2n) is 4.21. The van der Waals surface area contributed by atoms with Gasteiger partial charge in [-0.25, -0.2) is 0 Å². The van der Waals surface area contributed by atoms with Crippen molar-refractivity contribution >= 4 is 34.0 Å². The Kier molecular flexibility index (Phi) is 2.76. The molecule has 4 heteroatoms. The smallest absolute Gasteiger partial charge is 0.228 e. The molecule has 3 nitrogen and oxygen atoms in total. The predicted octanol–water partition coefficient (Wildman–Crippen LogP) is 3.90. The monoisotopic (exact) mass is 271 g/mol. The lowest BCUT2D eigenvalue weighted by molar-refractivity contribution is 0.101. The summed E-state index contributed by atoms with van der Waals surface area (Å²) in [6.07, 6.45) is 0. The van der Waals surface area contributed by atoms with Gasteiger partial charge in [0.05, 0.1) is 10.7 Å². The molecule has 0 fully saturated rings. The standard InChI is InChI=1S/C15H10ClNO2/c16-11-6-5-10(7-12(11)17)15(18)14-8-9-3-1-2-4-13(9)19-14/h1-8H,17H2. The molecule has 94 valence electrons. The molecule has 0 atom stereocenters. The SMILES string of the molecule is Nc1cc(C(=O)c2cc3ccccc3o2)ccc1Cl. The third-order valence-electron chi connectivity index (χ3n) is 2.91. The summed E-state index contributed by atoms with van der Waals surface area (Å²) in [5, 5.41) is 1.33. The van der Waals surface area contributed by atoms with E-state index in [-0.39, 0.29) is 5.78 Å². The molecule has 19 heavy (non-hydrogen) atoms. The minimum absolute atomic E-state index is 0.209. The third-order valence-corrected chi connectivity index (χ3v) is 3.25. The number of hydrogen-bond acceptors (Lipinski definition) is 3. The summed E-state index contributed by atoms with van der Waals surface area (Å²) in [7, 11) is 0. The summed E-state index contributed by atoms with van der Waals surface area (Å²) in [5.41, 5.74) is 7.22. The second kappa shape index (κ2) is 4.44. The lowest BCUT2D eigenvalue weighted by Crippen LogP contribution is -2.00. The highest BCUT2D eigenvalue weighted by atomic mass is 35.5. The molecule has 2 N–H and O–H groups in total. The second-order valence-corrected chi connectivity index (χ2v) is 4.62. The maximum Gasteiger partial charge on any atom is 0.228 e. The predicted molar refractivity (Wildman–Crippen MR) is 75.5 cm³/mol. The lowest BCUT2D eigenvalue weighted by Gasteiger charge is -2.01. The van der Waals surface area contributed by atoms with E-state index in [9.17, 15) is 4.79 Å². The molecule has 0 bridgehead atoms. The van der Waals surface area contributed by atoms with Gasteiger partial charge in [0, 0.05) is 10.9 Å². The molecule has 3 rings (SSSR count). The summed E-state index contributed by atoms with van der Waals surface area (Å²) >= 11 is 5.84. The number of furan rings is 1. The first-order valence-corrected chi connectivity index (χ1v) is 6.11. The molecular weight excluding hydrogens is 262 g/mol. The first-order chi connectivity index (χ1) is 9.15. The molecule has 0 saturated carbocycles. The molecule has 2 aromatic carbocycles. The van der Waals surface area contributed by atoms with Crippen LogP contribution < -0.4 is 5.73 Å². The lowest BCUT2D eigenvalue weighted by atomic mass is 10.1. The van der Waals surface area contributed by atoms with Crippen molar-refractivity contribution < 1.29 is 9.21 Å². The number of anilines is 1. The van der Waals surface area contributed by atoms with Crippen LogP contribution in [0.5, 0.6) is 0 Å². The van der Waals surface area contributed by atoms with Crippen LogP contribution in [-0.4, -0.2) is 5.78 Å². The number of nitrogen functional groups attached to an aromatic ring is 1. The summed E-state index contributed by atoms with van der Waals surface area (Å²) in [5.74, 6) is 0.0856. The highest BCUT2D eigenvalue weighted by molar-refractivity contribution is 6.33. The van der Waals surface area contributed by atoms with Gasteiger partial charge in [0.2, 0.25) is 5.78 Å². The summed E-state index contributed by atoms with van der Waals surface area (Å²) in [4.78, 5) is 12.3. The van der Waals surface area contributed by atoms with Crippen LogP contribution in [0, 0.1) is 0 Å². The van der Waals surface area contributed by atoms with Crippen molar-refractivity contribution in [3.63, 3.8) is 0 Å². The molecule has 0 unspecified atom stereocenters. The van der Waals surface area contributed by atoms with Gasteiger partial charge in [-0.2, -0.15) is 0 Å². The van der Waals surface area contributed by atoms with Crippen LogP contribution in [0.4, 0.5) is 5.69 Å². The van der Waals surface area contributed by atoms with E-state index in [1.807, 2.05) is 24.3 Å². The first kappa shape index (κ1) is 11.8. The highest BCUT2D eigenvalue weighted by Gasteiger charge is 2.15. The van der Waals surface area contributed by atoms with Crippen LogP contribution in [0.1, 0.15) is 16.1 Å². The van der Waals surface area contributed by atoms with Crippen LogP contribution in [-0.2, 0) is 0 Å². The maximum atomic E-state index is 12.3. The first-order valence-electron chi connectivity index (χ1n) is 5.73. The van der Waals surface area contributed by atoms with Gasteiger partial charge >= 0.3 is 0 Å². The Morgan fingerprint density at radius 1 is 1.11 bits per heavy atom. The molecule has 0 amide bonds. The molecule has 0 saturated heterocycles. The van der Waals surface area contributed by atoms with Gasteiger partial charge in [-0.05, 0) is 30.3 Å². The Hall–Kier alpha value is -2.26. The van der Waals surface area contributed by atoms with E-state index in [1.165, 1.54) is 0 Å². The molecule has 0 radical (unpaired) electrons. The number of carbonyl (C=O) groups is 1. The third kappa shape index (κ3) is 2.09. The van der Waals surface area contributed by atoms with Crippen molar-refractivity contribution in [2.45, 2.75) is 0 Å². The van der Waals surface area contributed by atoms with Gasteiger partial charge in [0.15, 0.2) is 5.76 Å². The summed E-state index contributed by atoms with van der Waals surface area (Å²) in [6, 6.07) is 14.0. The normalized spacial score (nSPS) is 10.8. The summed E-state index contributed by atoms with van der Waals surface area (Å²) in [6.45, 7) is 0. The van der Waals surface area contributed by atoms with Crippen LogP contribution in [0.3, 0.4) is 0 Å². The Morgan fingerprint density at radius 3 is 2.63 bits per heavy atom. The van der Waals surface area contributed by atoms with Gasteiger partial charge < -0.3 is 10.2 Å². The Bertz CT molecular complexity index is 744. The largest absolute Gasteiger partial charge is 0.453 e. The average Bonchev–Trinajstić information content (AvgIpc) is 2.85. The Morgan fingerprint density at radius 2 is 1.89 bits per heavy atom. The molecule has 0 aliphatic rings. The Balaban J connectivity index is 2.05. The number of benzene rings is 2. The number of hydrogen-bond donors (Lipinski definition) is 1. The molecule has 0 aliphatic carbocycles. The average molecular weight is 272 g/mol. The zero-order valence-corrected chi connectivity index (χ0v) is 10.6. The number of ketones is 1. The summed E-state index contributed by atoms with van der Waals surface area (Å²) < 4.78 is 5.53. The minimum Gasteiger partial charge on any atom is -0.453 e. The zero-order valence-electron chi connectivity index (χ0n) is 9.89. The fraction of sp³-hybridized carbons (Fsp3) is 0. The number of nitrogens with two attached hydrogens (primary N) is 1. The van der Waals surface area contributed by atoms with Gasteiger partial charge in [-0.15, -0.1) is 0 Å². The number of para-hydroxylation sites is 1. The quantitative estimate of drug-likeness (QED) is 0.568. The van der Waals surface area contributed by atoms with Gasteiger partial charge in [-0.1, -0.05) is 29.8 Å². The molecular formula is C15H10ClNO2. The van der Waals surface area contributed by atoms with Gasteiger partial charge in [0.25, 0.3) is 0 Å². The fourth-order valence-electron chi connectivity index (χ4n) is 1.92. The van der Waals surface area contributed by atoms with E-state index in [0.717, 1.165) is 5.39 Å². The number of halogens is 1.